The van der Waals surface area contributed by atoms with Crippen molar-refractivity contribution in [1.29, 1.82) is 0 Å². The number of rotatable bonds is 6. The van der Waals surface area contributed by atoms with E-state index in [0.717, 1.165) is 11.0 Å². The summed E-state index contributed by atoms with van der Waals surface area (Å²) >= 11 is 0. The Balaban J connectivity index is 3.02. The number of hydrogen-bond acceptors (Lipinski definition) is 6. The Kier molecular flexibility index (Phi) is 6.83. The summed E-state index contributed by atoms with van der Waals surface area (Å²) in [5, 5.41) is 2.59. The highest BCUT2D eigenvalue weighted by molar-refractivity contribution is 5.86. The van der Waals surface area contributed by atoms with E-state index in [4.69, 9.17) is 9.47 Å². The van der Waals surface area contributed by atoms with Gasteiger partial charge in [-0.1, -0.05) is 0 Å². The number of pyridine rings is 1. The molecule has 1 rings (SSSR count). The Morgan fingerprint density at radius 3 is 2.61 bits per heavy atom. The molecule has 1 N–H and O–H groups in total. The molecule has 0 radical (unpaired) electrons. The molecule has 0 aliphatic rings. The minimum atomic E-state index is -1.37. The number of anilines is 1. The van der Waals surface area contributed by atoms with E-state index in [1.54, 1.807) is 20.9 Å². The van der Waals surface area contributed by atoms with E-state index in [2.05, 4.69) is 10.3 Å². The molecule has 0 aliphatic carbocycles. The molecule has 0 atom stereocenters. The van der Waals surface area contributed by atoms with Crippen LogP contribution in [0.4, 0.5) is 19.4 Å². The van der Waals surface area contributed by atoms with Crippen molar-refractivity contribution in [2.75, 3.05) is 25.5 Å². The lowest BCUT2D eigenvalue weighted by Gasteiger charge is -2.20. The molecule has 0 saturated carbocycles. The molecular weight excluding hydrogens is 312 g/mol. The van der Waals surface area contributed by atoms with Crippen molar-refractivity contribution >= 4 is 17.9 Å². The van der Waals surface area contributed by atoms with Crippen LogP contribution in [-0.2, 0) is 20.9 Å². The van der Waals surface area contributed by atoms with Crippen LogP contribution in [0.3, 0.4) is 0 Å². The lowest BCUT2D eigenvalue weighted by Crippen LogP contribution is -2.31. The molecule has 128 valence electrons. The van der Waals surface area contributed by atoms with Crippen LogP contribution >= 0.6 is 0 Å². The fourth-order valence-corrected chi connectivity index (χ4v) is 1.61. The van der Waals surface area contributed by atoms with Crippen LogP contribution in [0.1, 0.15) is 19.4 Å². The lowest BCUT2D eigenvalue weighted by molar-refractivity contribution is -0.143. The zero-order valence-electron chi connectivity index (χ0n) is 13.4. The number of aromatic nitrogens is 1. The standard InChI is InChI=1S/C14H19F2N3O4/c1-8(2)23-14(21)19(4)13-9(5-10(15)12(16)18-13)7-22-11(20)6-17-3/h5,8,17H,6-7H2,1-4H3. The van der Waals surface area contributed by atoms with Crippen LogP contribution in [0.15, 0.2) is 6.07 Å². The van der Waals surface area contributed by atoms with Crippen molar-refractivity contribution in [1.82, 2.24) is 10.3 Å². The van der Waals surface area contributed by atoms with Crippen LogP contribution in [0, 0.1) is 11.8 Å². The molecule has 0 bridgehead atoms. The average Bonchev–Trinajstić information content (AvgIpc) is 2.47. The first-order chi connectivity index (χ1) is 10.8. The third-order valence-electron chi connectivity index (χ3n) is 2.63. The van der Waals surface area contributed by atoms with Gasteiger partial charge in [-0.3, -0.25) is 9.69 Å². The van der Waals surface area contributed by atoms with E-state index in [-0.39, 0.29) is 24.5 Å². The summed E-state index contributed by atoms with van der Waals surface area (Å²) < 4.78 is 36.6. The van der Waals surface area contributed by atoms with E-state index >= 15 is 0 Å². The Morgan fingerprint density at radius 1 is 1.39 bits per heavy atom. The van der Waals surface area contributed by atoms with Gasteiger partial charge in [0.05, 0.1) is 12.6 Å². The third kappa shape index (κ3) is 5.44. The third-order valence-corrected chi connectivity index (χ3v) is 2.63. The van der Waals surface area contributed by atoms with Gasteiger partial charge in [0, 0.05) is 12.6 Å². The molecule has 1 aromatic heterocycles. The van der Waals surface area contributed by atoms with Gasteiger partial charge in [-0.2, -0.15) is 9.37 Å². The van der Waals surface area contributed by atoms with Gasteiger partial charge < -0.3 is 14.8 Å². The average molecular weight is 331 g/mol. The van der Waals surface area contributed by atoms with Crippen molar-refractivity contribution in [3.05, 3.63) is 23.4 Å². The highest BCUT2D eigenvalue weighted by Gasteiger charge is 2.22. The van der Waals surface area contributed by atoms with Crippen molar-refractivity contribution in [2.24, 2.45) is 0 Å². The first-order valence-electron chi connectivity index (χ1n) is 6.85. The minimum Gasteiger partial charge on any atom is -0.460 e. The zero-order chi connectivity index (χ0) is 17.6. The number of amides is 1. The van der Waals surface area contributed by atoms with Crippen molar-refractivity contribution in [2.45, 2.75) is 26.6 Å². The Bertz CT molecular complexity index is 581. The number of carbonyl (C=O) groups excluding carboxylic acids is 2. The number of ether oxygens (including phenoxy) is 2. The molecule has 7 nitrogen and oxygen atoms in total. The molecular formula is C14H19F2N3O4. The van der Waals surface area contributed by atoms with Crippen LogP contribution in [0.25, 0.3) is 0 Å². The van der Waals surface area contributed by atoms with Crippen LogP contribution < -0.4 is 10.2 Å². The molecule has 0 unspecified atom stereocenters. The second-order valence-electron chi connectivity index (χ2n) is 4.93. The topological polar surface area (TPSA) is 80.8 Å². The molecule has 0 saturated heterocycles. The van der Waals surface area contributed by atoms with E-state index in [9.17, 15) is 18.4 Å². The maximum Gasteiger partial charge on any atom is 0.415 e. The van der Waals surface area contributed by atoms with Gasteiger partial charge in [0.15, 0.2) is 5.82 Å². The largest absolute Gasteiger partial charge is 0.460 e. The number of nitrogens with zero attached hydrogens (tertiary/aromatic N) is 2. The molecule has 9 heteroatoms. The Labute approximate surface area is 132 Å². The Morgan fingerprint density at radius 2 is 2.04 bits per heavy atom. The second-order valence-corrected chi connectivity index (χ2v) is 4.93. The second kappa shape index (κ2) is 8.37. The summed E-state index contributed by atoms with van der Waals surface area (Å²) in [7, 11) is 2.85. The van der Waals surface area contributed by atoms with Gasteiger partial charge in [-0.15, -0.1) is 0 Å². The molecule has 0 spiro atoms. The molecule has 0 aromatic carbocycles. The van der Waals surface area contributed by atoms with E-state index in [1.807, 2.05) is 0 Å². The highest BCUT2D eigenvalue weighted by atomic mass is 19.2. The fraction of sp³-hybridized carbons (Fsp3) is 0.500. The summed E-state index contributed by atoms with van der Waals surface area (Å²) in [6.45, 7) is 2.88. The molecule has 23 heavy (non-hydrogen) atoms. The number of carbonyl (C=O) groups is 2. The minimum absolute atomic E-state index is 0.0385. The van der Waals surface area contributed by atoms with Gasteiger partial charge >= 0.3 is 12.1 Å². The summed E-state index contributed by atoms with van der Waals surface area (Å²) in [4.78, 5) is 27.5. The molecule has 0 fully saturated rings. The van der Waals surface area contributed by atoms with E-state index in [0.29, 0.717) is 0 Å². The maximum atomic E-state index is 13.4. The SMILES string of the molecule is CNCC(=O)OCc1cc(F)c(F)nc1N(C)C(=O)OC(C)C. The van der Waals surface area contributed by atoms with Gasteiger partial charge in [0.2, 0.25) is 0 Å². The predicted molar refractivity (Wildman–Crippen MR) is 77.9 cm³/mol. The normalized spacial score (nSPS) is 10.6. The quantitative estimate of drug-likeness (QED) is 0.630. The van der Waals surface area contributed by atoms with Crippen LogP contribution in [-0.4, -0.2) is 43.8 Å². The van der Waals surface area contributed by atoms with Crippen LogP contribution in [0.5, 0.6) is 0 Å². The summed E-state index contributed by atoms with van der Waals surface area (Å²) in [6, 6.07) is 0.823. The number of likely N-dealkylation sites (N-methyl/N-ethyl adjacent to an activating group) is 1. The van der Waals surface area contributed by atoms with Gasteiger partial charge in [-0.05, 0) is 27.0 Å². The van der Waals surface area contributed by atoms with Crippen molar-refractivity contribution in [3.8, 4) is 0 Å². The Hall–Kier alpha value is -2.29. The number of hydrogen-bond donors (Lipinski definition) is 1. The van der Waals surface area contributed by atoms with E-state index in [1.165, 1.54) is 7.05 Å². The van der Waals surface area contributed by atoms with Gasteiger partial charge in [-0.25, -0.2) is 9.18 Å². The fourth-order valence-electron chi connectivity index (χ4n) is 1.61. The van der Waals surface area contributed by atoms with Crippen molar-refractivity contribution in [3.63, 3.8) is 0 Å². The molecule has 1 aromatic rings. The molecule has 0 aliphatic heterocycles. The molecule has 1 heterocycles. The predicted octanol–water partition coefficient (Wildman–Crippen LogP) is 1.60. The van der Waals surface area contributed by atoms with Crippen LogP contribution in [0.2, 0.25) is 0 Å². The maximum absolute atomic E-state index is 13.4. The van der Waals surface area contributed by atoms with Crippen molar-refractivity contribution < 1.29 is 27.8 Å². The number of halogens is 2. The monoisotopic (exact) mass is 331 g/mol. The first kappa shape index (κ1) is 18.8. The smallest absolute Gasteiger partial charge is 0.415 e. The summed E-state index contributed by atoms with van der Waals surface area (Å²) in [5.74, 6) is -3.35. The summed E-state index contributed by atoms with van der Waals surface area (Å²) in [6.07, 6.45) is -1.19. The zero-order valence-corrected chi connectivity index (χ0v) is 13.4. The van der Waals surface area contributed by atoms with Gasteiger partial charge in [0.1, 0.15) is 12.4 Å². The number of nitrogens with one attached hydrogen (secondary N) is 1. The van der Waals surface area contributed by atoms with E-state index < -0.39 is 29.9 Å². The lowest BCUT2D eigenvalue weighted by atomic mass is 10.2. The van der Waals surface area contributed by atoms with Gasteiger partial charge in [0.25, 0.3) is 5.95 Å². The molecule has 1 amide bonds. The first-order valence-corrected chi connectivity index (χ1v) is 6.85. The highest BCUT2D eigenvalue weighted by Crippen LogP contribution is 2.21. The number of esters is 1. The summed E-state index contributed by atoms with van der Waals surface area (Å²) in [5.41, 5.74) is 0.0385.